The van der Waals surface area contributed by atoms with Crippen LogP contribution in [0.15, 0.2) is 0 Å². The molecule has 0 unspecified atom stereocenters. The molecule has 1 aliphatic heterocycles. The molecule has 0 aliphatic carbocycles. The van der Waals surface area contributed by atoms with Gasteiger partial charge in [-0.15, -0.1) is 0 Å². The Hall–Kier alpha value is -0.0800. The lowest BCUT2D eigenvalue weighted by atomic mass is 9.77. The molecular weight excluding hydrogens is 162 g/mol. The summed E-state index contributed by atoms with van der Waals surface area (Å²) in [7, 11) is 0. The van der Waals surface area contributed by atoms with Gasteiger partial charge in [0.25, 0.3) is 0 Å². The van der Waals surface area contributed by atoms with Crippen LogP contribution in [-0.2, 0) is 0 Å². The lowest BCUT2D eigenvalue weighted by Gasteiger charge is -2.32. The van der Waals surface area contributed by atoms with Crippen molar-refractivity contribution in [2.24, 2.45) is 11.3 Å². The van der Waals surface area contributed by atoms with E-state index in [0.29, 0.717) is 18.1 Å². The Kier molecular flexibility index (Phi) is 3.36. The minimum absolute atomic E-state index is 0.293. The van der Waals surface area contributed by atoms with Crippen molar-refractivity contribution in [3.05, 3.63) is 0 Å². The second-order valence-electron chi connectivity index (χ2n) is 5.26. The second kappa shape index (κ2) is 3.97. The third-order valence-electron chi connectivity index (χ3n) is 3.39. The van der Waals surface area contributed by atoms with Crippen LogP contribution in [0.1, 0.15) is 34.1 Å². The minimum Gasteiger partial charge on any atom is -0.395 e. The van der Waals surface area contributed by atoms with Crippen LogP contribution < -0.4 is 0 Å². The predicted octanol–water partition coefficient (Wildman–Crippen LogP) is 1.74. The third-order valence-corrected chi connectivity index (χ3v) is 3.39. The molecule has 1 rings (SSSR count). The number of aliphatic hydroxyl groups excluding tert-OH is 1. The molecule has 0 amide bonds. The van der Waals surface area contributed by atoms with Gasteiger partial charge in [-0.2, -0.15) is 0 Å². The van der Waals surface area contributed by atoms with Gasteiger partial charge in [-0.25, -0.2) is 0 Å². The molecule has 13 heavy (non-hydrogen) atoms. The number of aliphatic hydroxyl groups is 1. The topological polar surface area (TPSA) is 23.5 Å². The average Bonchev–Trinajstić information content (AvgIpc) is 2.32. The van der Waals surface area contributed by atoms with E-state index >= 15 is 0 Å². The molecule has 2 atom stereocenters. The normalized spacial score (nSPS) is 31.2. The first-order chi connectivity index (χ1) is 5.96. The molecule has 0 aromatic carbocycles. The van der Waals surface area contributed by atoms with Gasteiger partial charge in [0.1, 0.15) is 0 Å². The van der Waals surface area contributed by atoms with Crippen molar-refractivity contribution in [1.29, 1.82) is 0 Å². The molecule has 0 saturated carbocycles. The Morgan fingerprint density at radius 1 is 1.38 bits per heavy atom. The second-order valence-corrected chi connectivity index (χ2v) is 5.26. The van der Waals surface area contributed by atoms with Crippen molar-refractivity contribution in [1.82, 2.24) is 4.90 Å². The molecule has 2 heteroatoms. The summed E-state index contributed by atoms with van der Waals surface area (Å²) < 4.78 is 0. The zero-order valence-electron chi connectivity index (χ0n) is 9.38. The van der Waals surface area contributed by atoms with Crippen LogP contribution in [0.2, 0.25) is 0 Å². The molecule has 1 saturated heterocycles. The van der Waals surface area contributed by atoms with E-state index in [9.17, 15) is 0 Å². The van der Waals surface area contributed by atoms with Crippen molar-refractivity contribution < 1.29 is 5.11 Å². The van der Waals surface area contributed by atoms with Gasteiger partial charge in [0.2, 0.25) is 0 Å². The van der Waals surface area contributed by atoms with Crippen molar-refractivity contribution in [2.45, 2.75) is 40.2 Å². The summed E-state index contributed by atoms with van der Waals surface area (Å²) in [6.07, 6.45) is 1.28. The molecule has 1 aliphatic rings. The highest BCUT2D eigenvalue weighted by Gasteiger charge is 2.37. The van der Waals surface area contributed by atoms with E-state index in [2.05, 4.69) is 32.6 Å². The first-order valence-electron chi connectivity index (χ1n) is 5.31. The number of hydrogen-bond donors (Lipinski definition) is 1. The van der Waals surface area contributed by atoms with E-state index in [0.717, 1.165) is 19.0 Å². The Labute approximate surface area is 81.9 Å². The van der Waals surface area contributed by atoms with Crippen LogP contribution in [0.4, 0.5) is 0 Å². The lowest BCUT2D eigenvalue weighted by molar-refractivity contribution is 0.142. The molecule has 0 spiro atoms. The Balaban J connectivity index is 2.55. The van der Waals surface area contributed by atoms with E-state index in [1.54, 1.807) is 0 Å². The van der Waals surface area contributed by atoms with Gasteiger partial charge < -0.3 is 5.11 Å². The number of likely N-dealkylation sites (tertiary alicyclic amines) is 1. The summed E-state index contributed by atoms with van der Waals surface area (Å²) in [5, 5.41) is 8.89. The first kappa shape index (κ1) is 11.0. The van der Waals surface area contributed by atoms with Gasteiger partial charge in [-0.3, -0.25) is 4.90 Å². The molecule has 1 fully saturated rings. The highest BCUT2D eigenvalue weighted by molar-refractivity contribution is 4.90. The summed E-state index contributed by atoms with van der Waals surface area (Å²) in [6, 6.07) is 0.632. The lowest BCUT2D eigenvalue weighted by Crippen LogP contribution is -2.36. The maximum atomic E-state index is 8.89. The molecule has 2 nitrogen and oxygen atoms in total. The summed E-state index contributed by atoms with van der Waals surface area (Å²) in [5.74, 6) is 0.777. The van der Waals surface area contributed by atoms with Gasteiger partial charge in [0, 0.05) is 12.6 Å². The SMILES string of the molecule is C[C@H]1[C@H](C(C)(C)C)CCN1CCO. The third kappa shape index (κ3) is 2.44. The number of rotatable bonds is 2. The van der Waals surface area contributed by atoms with Crippen LogP contribution in [0.3, 0.4) is 0 Å². The summed E-state index contributed by atoms with van der Waals surface area (Å²) in [4.78, 5) is 2.40. The molecule has 1 N–H and O–H groups in total. The van der Waals surface area contributed by atoms with E-state index in [1.165, 1.54) is 6.42 Å². The van der Waals surface area contributed by atoms with Crippen LogP contribution >= 0.6 is 0 Å². The molecule has 0 radical (unpaired) electrons. The zero-order valence-corrected chi connectivity index (χ0v) is 9.38. The molecule has 0 aromatic heterocycles. The summed E-state index contributed by atoms with van der Waals surface area (Å²) in [6.45, 7) is 11.5. The maximum Gasteiger partial charge on any atom is 0.0558 e. The molecule has 0 bridgehead atoms. The van der Waals surface area contributed by atoms with Gasteiger partial charge in [-0.1, -0.05) is 20.8 Å². The van der Waals surface area contributed by atoms with E-state index in [1.807, 2.05) is 0 Å². The smallest absolute Gasteiger partial charge is 0.0558 e. The summed E-state index contributed by atoms with van der Waals surface area (Å²) in [5.41, 5.74) is 0.406. The van der Waals surface area contributed by atoms with Crippen LogP contribution in [-0.4, -0.2) is 35.7 Å². The predicted molar refractivity (Wildman–Crippen MR) is 55.7 cm³/mol. The Morgan fingerprint density at radius 3 is 2.38 bits per heavy atom. The van der Waals surface area contributed by atoms with Crippen molar-refractivity contribution in [3.8, 4) is 0 Å². The highest BCUT2D eigenvalue weighted by Crippen LogP contribution is 2.37. The van der Waals surface area contributed by atoms with Crippen LogP contribution in [0.25, 0.3) is 0 Å². The molecule has 78 valence electrons. The largest absolute Gasteiger partial charge is 0.395 e. The fourth-order valence-electron chi connectivity index (χ4n) is 2.60. The minimum atomic E-state index is 0.293. The summed E-state index contributed by atoms with van der Waals surface area (Å²) >= 11 is 0. The quantitative estimate of drug-likeness (QED) is 0.708. The van der Waals surface area contributed by atoms with E-state index in [4.69, 9.17) is 5.11 Å². The van der Waals surface area contributed by atoms with Crippen LogP contribution in [0.5, 0.6) is 0 Å². The average molecular weight is 185 g/mol. The molecule has 0 aromatic rings. The molecular formula is C11H23NO. The molecule has 1 heterocycles. The number of hydrogen-bond acceptors (Lipinski definition) is 2. The van der Waals surface area contributed by atoms with Gasteiger partial charge in [0.15, 0.2) is 0 Å². The van der Waals surface area contributed by atoms with Crippen molar-refractivity contribution in [2.75, 3.05) is 19.7 Å². The standard InChI is InChI=1S/C11H23NO/c1-9-10(11(2,3)4)5-6-12(9)7-8-13/h9-10,13H,5-8H2,1-4H3/t9-,10+/m0/s1. The fourth-order valence-corrected chi connectivity index (χ4v) is 2.60. The van der Waals surface area contributed by atoms with Crippen LogP contribution in [0, 0.1) is 11.3 Å². The number of β-amino-alcohol motifs (C(OH)–C–C–N with tert-alkyl or cyclic N) is 1. The van der Waals surface area contributed by atoms with Gasteiger partial charge in [-0.05, 0) is 31.2 Å². The fraction of sp³-hybridized carbons (Fsp3) is 1.00. The Morgan fingerprint density at radius 2 is 2.00 bits per heavy atom. The zero-order chi connectivity index (χ0) is 10.1. The maximum absolute atomic E-state index is 8.89. The highest BCUT2D eigenvalue weighted by atomic mass is 16.3. The van der Waals surface area contributed by atoms with Crippen molar-refractivity contribution in [3.63, 3.8) is 0 Å². The van der Waals surface area contributed by atoms with Gasteiger partial charge in [0.05, 0.1) is 6.61 Å². The van der Waals surface area contributed by atoms with Gasteiger partial charge >= 0.3 is 0 Å². The van der Waals surface area contributed by atoms with Crippen molar-refractivity contribution >= 4 is 0 Å². The first-order valence-corrected chi connectivity index (χ1v) is 5.31. The Bertz CT molecular complexity index is 162. The number of nitrogens with zero attached hydrogens (tertiary/aromatic N) is 1. The van der Waals surface area contributed by atoms with E-state index < -0.39 is 0 Å². The van der Waals surface area contributed by atoms with E-state index in [-0.39, 0.29) is 0 Å². The monoisotopic (exact) mass is 185 g/mol.